The highest BCUT2D eigenvalue weighted by Gasteiger charge is 2.06. The molecule has 0 unspecified atom stereocenters. The molecule has 5 heteroatoms. The number of allylic oxidation sites excluding steroid dienone is 1. The number of ketones is 1. The lowest BCUT2D eigenvalue weighted by Gasteiger charge is -1.86. The molecule has 5 nitrogen and oxygen atoms in total. The van der Waals surface area contributed by atoms with Crippen LogP contribution in [0.3, 0.4) is 0 Å². The van der Waals surface area contributed by atoms with Gasteiger partial charge in [0.05, 0.1) is 6.08 Å². The van der Waals surface area contributed by atoms with Crippen molar-refractivity contribution in [3.8, 4) is 0 Å². The minimum Gasteiger partial charge on any atom is -0.504 e. The number of carbonyl (C=O) groups excluding carboxylic acids is 2. The van der Waals surface area contributed by atoms with E-state index in [1.54, 1.807) is 0 Å². The summed E-state index contributed by atoms with van der Waals surface area (Å²) in [6.45, 7) is 0. The van der Waals surface area contributed by atoms with E-state index in [-0.39, 0.29) is 12.4 Å². The predicted molar refractivity (Wildman–Crippen MR) is 29.4 cm³/mol. The van der Waals surface area contributed by atoms with Crippen LogP contribution in [0.25, 0.3) is 0 Å². The number of rotatable bonds is 3. The molecule has 0 rings (SSSR count). The average molecular weight is 144 g/mol. The van der Waals surface area contributed by atoms with E-state index in [9.17, 15) is 14.4 Å². The SMILES string of the molecule is O=CC(=O)C(O)=CC(=O)O. The summed E-state index contributed by atoms with van der Waals surface area (Å²) >= 11 is 0. The lowest BCUT2D eigenvalue weighted by molar-refractivity contribution is -0.132. The monoisotopic (exact) mass is 144 g/mol. The summed E-state index contributed by atoms with van der Waals surface area (Å²) in [5.41, 5.74) is 0. The number of hydrogen-bond donors (Lipinski definition) is 2. The van der Waals surface area contributed by atoms with Crippen LogP contribution in [0.2, 0.25) is 0 Å². The van der Waals surface area contributed by atoms with Gasteiger partial charge in [-0.1, -0.05) is 0 Å². The van der Waals surface area contributed by atoms with Crippen LogP contribution in [0, 0.1) is 0 Å². The molecule has 0 aliphatic carbocycles. The molecule has 0 aliphatic heterocycles. The first kappa shape index (κ1) is 8.35. The zero-order valence-corrected chi connectivity index (χ0v) is 4.77. The van der Waals surface area contributed by atoms with Crippen molar-refractivity contribution >= 4 is 18.0 Å². The maximum Gasteiger partial charge on any atom is 0.332 e. The van der Waals surface area contributed by atoms with Crippen LogP contribution in [0.15, 0.2) is 11.8 Å². The Balaban J connectivity index is 4.33. The van der Waals surface area contributed by atoms with E-state index in [1.165, 1.54) is 0 Å². The highest BCUT2D eigenvalue weighted by molar-refractivity contribution is 6.32. The summed E-state index contributed by atoms with van der Waals surface area (Å²) in [7, 11) is 0. The number of Topliss-reactive ketones (excluding diaryl/α,β-unsaturated/α-hetero) is 1. The van der Waals surface area contributed by atoms with E-state index in [2.05, 4.69) is 0 Å². The third-order valence-electron chi connectivity index (χ3n) is 0.620. The quantitative estimate of drug-likeness (QED) is 0.236. The Hall–Kier alpha value is -1.65. The maximum absolute atomic E-state index is 10.1. The van der Waals surface area contributed by atoms with Crippen molar-refractivity contribution in [2.75, 3.05) is 0 Å². The van der Waals surface area contributed by atoms with Crippen LogP contribution in [0.4, 0.5) is 0 Å². The smallest absolute Gasteiger partial charge is 0.332 e. The van der Waals surface area contributed by atoms with E-state index in [0.717, 1.165) is 0 Å². The van der Waals surface area contributed by atoms with Gasteiger partial charge in [-0.3, -0.25) is 9.59 Å². The molecule has 0 aromatic carbocycles. The van der Waals surface area contributed by atoms with Gasteiger partial charge in [-0.25, -0.2) is 4.79 Å². The Morgan fingerprint density at radius 2 is 1.70 bits per heavy atom. The number of carbonyl (C=O) groups is 3. The topological polar surface area (TPSA) is 91.7 Å². The first-order valence-electron chi connectivity index (χ1n) is 2.21. The molecule has 2 N–H and O–H groups in total. The van der Waals surface area contributed by atoms with Gasteiger partial charge in [-0.15, -0.1) is 0 Å². The second-order valence-corrected chi connectivity index (χ2v) is 1.35. The maximum atomic E-state index is 10.1. The summed E-state index contributed by atoms with van der Waals surface area (Å²) in [6, 6.07) is 0. The largest absolute Gasteiger partial charge is 0.504 e. The molecular weight excluding hydrogens is 140 g/mol. The van der Waals surface area contributed by atoms with Crippen molar-refractivity contribution < 1.29 is 24.6 Å². The minimum atomic E-state index is -1.48. The van der Waals surface area contributed by atoms with Gasteiger partial charge in [0.1, 0.15) is 0 Å². The van der Waals surface area contributed by atoms with Gasteiger partial charge in [-0.2, -0.15) is 0 Å². The number of aliphatic hydroxyl groups excluding tert-OH is 1. The lowest BCUT2D eigenvalue weighted by atomic mass is 10.3. The standard InChI is InChI=1S/C5H4O5/c6-2-4(8)3(7)1-5(9)10/h1-2,7H,(H,9,10). The fourth-order valence-electron chi connectivity index (χ4n) is 0.248. The molecule has 0 bridgehead atoms. The number of aliphatic hydroxyl groups is 1. The van der Waals surface area contributed by atoms with Crippen LogP contribution < -0.4 is 0 Å². The molecule has 0 radical (unpaired) electrons. The summed E-state index contributed by atoms with van der Waals surface area (Å²) in [4.78, 5) is 29.4. The van der Waals surface area contributed by atoms with E-state index in [1.807, 2.05) is 0 Å². The molecule has 0 saturated heterocycles. The zero-order valence-electron chi connectivity index (χ0n) is 4.77. The molecule has 0 saturated carbocycles. The molecule has 0 aromatic rings. The molecule has 10 heavy (non-hydrogen) atoms. The van der Waals surface area contributed by atoms with E-state index in [0.29, 0.717) is 0 Å². The van der Waals surface area contributed by atoms with Crippen molar-refractivity contribution in [2.45, 2.75) is 0 Å². The van der Waals surface area contributed by atoms with Crippen molar-refractivity contribution in [1.82, 2.24) is 0 Å². The molecule has 0 heterocycles. The molecule has 0 spiro atoms. The summed E-state index contributed by atoms with van der Waals surface area (Å²) in [6.07, 6.45) is 0.0749. The van der Waals surface area contributed by atoms with Gasteiger partial charge in [0.15, 0.2) is 12.0 Å². The van der Waals surface area contributed by atoms with E-state index >= 15 is 0 Å². The minimum absolute atomic E-state index is 0.172. The molecule has 0 amide bonds. The summed E-state index contributed by atoms with van der Waals surface area (Å²) in [5.74, 6) is -3.79. The van der Waals surface area contributed by atoms with Gasteiger partial charge in [0.2, 0.25) is 0 Å². The third kappa shape index (κ3) is 2.61. The Morgan fingerprint density at radius 1 is 1.20 bits per heavy atom. The van der Waals surface area contributed by atoms with Crippen LogP contribution in [-0.4, -0.2) is 28.3 Å². The van der Waals surface area contributed by atoms with Gasteiger partial charge < -0.3 is 10.2 Å². The zero-order chi connectivity index (χ0) is 8.15. The predicted octanol–water partition coefficient (Wildman–Crippen LogP) is -0.719. The second-order valence-electron chi connectivity index (χ2n) is 1.35. The Labute approximate surface area is 55.6 Å². The Morgan fingerprint density at radius 3 is 2.00 bits per heavy atom. The van der Waals surface area contributed by atoms with Crippen molar-refractivity contribution in [1.29, 1.82) is 0 Å². The van der Waals surface area contributed by atoms with Crippen LogP contribution in [0.5, 0.6) is 0 Å². The summed E-state index contributed by atoms with van der Waals surface area (Å²) < 4.78 is 0. The normalized spacial score (nSPS) is 10.6. The number of aliphatic carboxylic acids is 1. The van der Waals surface area contributed by atoms with Crippen LogP contribution in [0.1, 0.15) is 0 Å². The van der Waals surface area contributed by atoms with Gasteiger partial charge >= 0.3 is 5.97 Å². The van der Waals surface area contributed by atoms with Crippen LogP contribution >= 0.6 is 0 Å². The molecule has 0 fully saturated rings. The molecule has 0 atom stereocenters. The highest BCUT2D eigenvalue weighted by Crippen LogP contribution is 1.86. The fourth-order valence-corrected chi connectivity index (χ4v) is 0.248. The van der Waals surface area contributed by atoms with E-state index < -0.39 is 17.5 Å². The van der Waals surface area contributed by atoms with Gasteiger partial charge in [0, 0.05) is 0 Å². The lowest BCUT2D eigenvalue weighted by Crippen LogP contribution is -2.05. The van der Waals surface area contributed by atoms with Crippen LogP contribution in [-0.2, 0) is 14.4 Å². The molecule has 54 valence electrons. The molecular formula is C5H4O5. The number of carboxylic acid groups (broad SMARTS) is 1. The third-order valence-corrected chi connectivity index (χ3v) is 0.620. The first-order valence-corrected chi connectivity index (χ1v) is 2.21. The molecule has 0 aromatic heterocycles. The molecule has 0 aliphatic rings. The fraction of sp³-hybridized carbons (Fsp3) is 0. The van der Waals surface area contributed by atoms with Gasteiger partial charge in [0.25, 0.3) is 5.78 Å². The Kier molecular flexibility index (Phi) is 2.83. The first-order chi connectivity index (χ1) is 4.57. The van der Waals surface area contributed by atoms with Crippen molar-refractivity contribution in [2.24, 2.45) is 0 Å². The Bertz CT molecular complexity index is 202. The number of carboxylic acids is 1. The van der Waals surface area contributed by atoms with Crippen molar-refractivity contribution in [3.63, 3.8) is 0 Å². The second kappa shape index (κ2) is 3.39. The number of hydrogen-bond acceptors (Lipinski definition) is 4. The number of aldehydes is 1. The van der Waals surface area contributed by atoms with Crippen molar-refractivity contribution in [3.05, 3.63) is 11.8 Å². The summed E-state index contributed by atoms with van der Waals surface area (Å²) in [5, 5.41) is 16.3. The van der Waals surface area contributed by atoms with E-state index in [4.69, 9.17) is 10.2 Å². The average Bonchev–Trinajstić information content (AvgIpc) is 1.85. The highest BCUT2D eigenvalue weighted by atomic mass is 16.4. The van der Waals surface area contributed by atoms with Gasteiger partial charge in [-0.05, 0) is 0 Å².